The van der Waals surface area contributed by atoms with Crippen molar-refractivity contribution in [1.29, 1.82) is 0 Å². The number of aryl methyl sites for hydroxylation is 2. The molecule has 1 fully saturated rings. The van der Waals surface area contributed by atoms with Gasteiger partial charge in [0.15, 0.2) is 0 Å². The second-order valence-electron chi connectivity index (χ2n) is 9.51. The molecular formula is C26H35N3O3S. The van der Waals surface area contributed by atoms with E-state index >= 15 is 0 Å². The molecule has 0 bridgehead atoms. The molecule has 2 aromatic rings. The minimum atomic E-state index is -3.51. The van der Waals surface area contributed by atoms with Crippen molar-refractivity contribution in [2.75, 3.05) is 33.7 Å². The lowest BCUT2D eigenvalue weighted by molar-refractivity contribution is -0.126. The highest BCUT2D eigenvalue weighted by Gasteiger charge is 2.32. The normalized spacial score (nSPS) is 18.3. The summed E-state index contributed by atoms with van der Waals surface area (Å²) < 4.78 is 27.8. The number of benzene rings is 2. The smallest absolute Gasteiger partial charge is 0.243 e. The SMILES string of the molecule is CN(C)[C@@H](CNC(=O)C1CCN(S(=O)(=O)c2ccc3c(c2)CCC3)CC1)Cc1ccccc1. The van der Waals surface area contributed by atoms with Crippen molar-refractivity contribution in [3.63, 3.8) is 0 Å². The molecule has 0 spiro atoms. The second-order valence-corrected chi connectivity index (χ2v) is 11.5. The van der Waals surface area contributed by atoms with Gasteiger partial charge in [-0.05, 0) is 81.4 Å². The summed E-state index contributed by atoms with van der Waals surface area (Å²) in [6.07, 6.45) is 5.07. The first kappa shape index (κ1) is 23.9. The van der Waals surface area contributed by atoms with Crippen LogP contribution in [0.2, 0.25) is 0 Å². The summed E-state index contributed by atoms with van der Waals surface area (Å²) in [5.74, 6) is -0.111. The Bertz CT molecular complexity index is 1060. The van der Waals surface area contributed by atoms with Crippen LogP contribution in [0.25, 0.3) is 0 Å². The topological polar surface area (TPSA) is 69.7 Å². The lowest BCUT2D eigenvalue weighted by atomic mass is 9.97. The van der Waals surface area contributed by atoms with Gasteiger partial charge in [-0.15, -0.1) is 0 Å². The Morgan fingerprint density at radius 2 is 1.76 bits per heavy atom. The van der Waals surface area contributed by atoms with Crippen LogP contribution in [0.3, 0.4) is 0 Å². The third kappa shape index (κ3) is 5.65. The maximum absolute atomic E-state index is 13.1. The van der Waals surface area contributed by atoms with E-state index in [9.17, 15) is 13.2 Å². The van der Waals surface area contributed by atoms with Crippen LogP contribution in [0.4, 0.5) is 0 Å². The van der Waals surface area contributed by atoms with Crippen LogP contribution < -0.4 is 5.32 Å². The Hall–Kier alpha value is -2.22. The molecule has 0 unspecified atom stereocenters. The predicted octanol–water partition coefficient (Wildman–Crippen LogP) is 2.87. The number of hydrogen-bond donors (Lipinski definition) is 1. The van der Waals surface area contributed by atoms with E-state index in [1.807, 2.05) is 44.4 Å². The van der Waals surface area contributed by atoms with Gasteiger partial charge in [-0.1, -0.05) is 36.4 Å². The molecule has 0 saturated carbocycles. The third-order valence-corrected chi connectivity index (χ3v) is 8.98. The zero-order chi connectivity index (χ0) is 23.4. The molecule has 2 aliphatic rings. The summed E-state index contributed by atoms with van der Waals surface area (Å²) >= 11 is 0. The number of hydrogen-bond acceptors (Lipinski definition) is 4. The van der Waals surface area contributed by atoms with Gasteiger partial charge >= 0.3 is 0 Å². The maximum atomic E-state index is 13.1. The number of amides is 1. The average molecular weight is 470 g/mol. The van der Waals surface area contributed by atoms with Crippen molar-refractivity contribution in [2.24, 2.45) is 5.92 Å². The number of sulfonamides is 1. The first-order chi connectivity index (χ1) is 15.8. The summed E-state index contributed by atoms with van der Waals surface area (Å²) in [4.78, 5) is 15.4. The van der Waals surface area contributed by atoms with Gasteiger partial charge in [0.05, 0.1) is 4.90 Å². The van der Waals surface area contributed by atoms with Crippen LogP contribution in [0.1, 0.15) is 36.0 Å². The van der Waals surface area contributed by atoms with Crippen molar-refractivity contribution in [1.82, 2.24) is 14.5 Å². The number of nitrogens with zero attached hydrogens (tertiary/aromatic N) is 2. The second kappa shape index (κ2) is 10.4. The molecule has 4 rings (SSSR count). The van der Waals surface area contributed by atoms with Crippen molar-refractivity contribution >= 4 is 15.9 Å². The highest BCUT2D eigenvalue weighted by molar-refractivity contribution is 7.89. The summed E-state index contributed by atoms with van der Waals surface area (Å²) in [6.45, 7) is 1.35. The molecule has 1 aliphatic carbocycles. The van der Waals surface area contributed by atoms with E-state index < -0.39 is 10.0 Å². The predicted molar refractivity (Wildman–Crippen MR) is 131 cm³/mol. The maximum Gasteiger partial charge on any atom is 0.243 e. The lowest BCUT2D eigenvalue weighted by Gasteiger charge is -2.31. The van der Waals surface area contributed by atoms with Crippen molar-refractivity contribution in [3.8, 4) is 0 Å². The molecule has 2 aromatic carbocycles. The van der Waals surface area contributed by atoms with Crippen LogP contribution in [0.15, 0.2) is 53.4 Å². The first-order valence-electron chi connectivity index (χ1n) is 11.9. The average Bonchev–Trinajstić information content (AvgIpc) is 3.30. The largest absolute Gasteiger partial charge is 0.354 e. The molecule has 1 N–H and O–H groups in total. The summed E-state index contributed by atoms with van der Waals surface area (Å²) in [5, 5.41) is 3.12. The van der Waals surface area contributed by atoms with Crippen LogP contribution in [-0.2, 0) is 34.1 Å². The van der Waals surface area contributed by atoms with Gasteiger partial charge < -0.3 is 10.2 Å². The quantitative estimate of drug-likeness (QED) is 0.646. The van der Waals surface area contributed by atoms with Crippen molar-refractivity contribution < 1.29 is 13.2 Å². The molecule has 1 heterocycles. The van der Waals surface area contributed by atoms with E-state index in [1.165, 1.54) is 11.1 Å². The van der Waals surface area contributed by atoms with Gasteiger partial charge in [0.2, 0.25) is 15.9 Å². The molecule has 1 atom stereocenters. The molecule has 1 amide bonds. The van der Waals surface area contributed by atoms with Crippen molar-refractivity contribution in [3.05, 3.63) is 65.2 Å². The van der Waals surface area contributed by atoms with E-state index in [0.29, 0.717) is 37.4 Å². The Balaban J connectivity index is 1.30. The molecule has 0 aromatic heterocycles. The van der Waals surface area contributed by atoms with Gasteiger partial charge in [-0.3, -0.25) is 4.79 Å². The van der Waals surface area contributed by atoms with Gasteiger partial charge in [0.1, 0.15) is 0 Å². The van der Waals surface area contributed by atoms with Gasteiger partial charge in [-0.25, -0.2) is 8.42 Å². The zero-order valence-corrected chi connectivity index (χ0v) is 20.5. The van der Waals surface area contributed by atoms with Gasteiger partial charge in [-0.2, -0.15) is 4.31 Å². The Morgan fingerprint density at radius 1 is 1.06 bits per heavy atom. The molecule has 7 heteroatoms. The highest BCUT2D eigenvalue weighted by atomic mass is 32.2. The molecule has 1 aliphatic heterocycles. The van der Waals surface area contributed by atoms with Gasteiger partial charge in [0, 0.05) is 31.6 Å². The number of nitrogens with one attached hydrogen (secondary N) is 1. The number of carbonyl (C=O) groups is 1. The number of piperidine rings is 1. The third-order valence-electron chi connectivity index (χ3n) is 7.09. The summed E-state index contributed by atoms with van der Waals surface area (Å²) in [7, 11) is 0.550. The molecule has 0 radical (unpaired) electrons. The summed E-state index contributed by atoms with van der Waals surface area (Å²) in [6, 6.07) is 16.0. The molecule has 33 heavy (non-hydrogen) atoms. The van der Waals surface area contributed by atoms with Crippen LogP contribution in [0, 0.1) is 5.92 Å². The fourth-order valence-electron chi connectivity index (χ4n) is 4.90. The summed E-state index contributed by atoms with van der Waals surface area (Å²) in [5.41, 5.74) is 3.68. The number of carbonyl (C=O) groups excluding carboxylic acids is 1. The molecule has 178 valence electrons. The fourth-order valence-corrected chi connectivity index (χ4v) is 6.42. The van der Waals surface area contributed by atoms with E-state index in [-0.39, 0.29) is 17.9 Å². The Kier molecular flexibility index (Phi) is 7.51. The molecule has 1 saturated heterocycles. The Morgan fingerprint density at radius 3 is 2.45 bits per heavy atom. The minimum Gasteiger partial charge on any atom is -0.354 e. The highest BCUT2D eigenvalue weighted by Crippen LogP contribution is 2.28. The molecular weight excluding hydrogens is 434 g/mol. The van der Waals surface area contributed by atoms with E-state index in [0.717, 1.165) is 31.2 Å². The number of rotatable bonds is 8. The monoisotopic (exact) mass is 469 g/mol. The Labute approximate surface area is 198 Å². The zero-order valence-electron chi connectivity index (χ0n) is 19.7. The van der Waals surface area contributed by atoms with Crippen molar-refractivity contribution in [2.45, 2.75) is 49.5 Å². The van der Waals surface area contributed by atoms with Gasteiger partial charge in [0.25, 0.3) is 0 Å². The van der Waals surface area contributed by atoms with Crippen LogP contribution in [-0.4, -0.2) is 63.3 Å². The first-order valence-corrected chi connectivity index (χ1v) is 13.4. The molecule has 6 nitrogen and oxygen atoms in total. The van der Waals surface area contributed by atoms with E-state index in [1.54, 1.807) is 10.4 Å². The standard InChI is InChI=1S/C26H35N3O3S/c1-28(2)24(17-20-7-4-3-5-8-20)19-27-26(30)22-13-15-29(16-14-22)33(31,32)25-12-11-21-9-6-10-23(21)18-25/h3-5,7-8,11-12,18,22,24H,6,9-10,13-17,19H2,1-2H3,(H,27,30)/t24-/m1/s1. The number of likely N-dealkylation sites (N-methyl/N-ethyl adjacent to an activating group) is 1. The fraction of sp³-hybridized carbons (Fsp3) is 0.500. The van der Waals surface area contributed by atoms with Crippen LogP contribution >= 0.6 is 0 Å². The minimum absolute atomic E-state index is 0.0319. The van der Waals surface area contributed by atoms with E-state index in [4.69, 9.17) is 0 Å². The van der Waals surface area contributed by atoms with E-state index in [2.05, 4.69) is 22.3 Å². The number of fused-ring (bicyclic) bond motifs is 1. The van der Waals surface area contributed by atoms with Crippen LogP contribution in [0.5, 0.6) is 0 Å². The lowest BCUT2D eigenvalue weighted by Crippen LogP contribution is -2.46.